The Bertz CT molecular complexity index is 1440. The van der Waals surface area contributed by atoms with E-state index in [4.69, 9.17) is 15.7 Å². The standard InChI is InChI=1S/C27H32N6O6S/c28-27(29)30-14-4-6-20-17-24(39-32-20)19-12-10-18(11-13-19)16-22(26(35)36)31-25(34)23-9-5-15-33(23)40(37,38)21-7-2-1-3-8-21/h1-3,7-8,10-13,17,22-23H,4-6,9,14-16H2,(H,31,34)(H,35,36)(H4,28,29,30)/t22-,23-/m0/s1. The lowest BCUT2D eigenvalue weighted by Crippen LogP contribution is -2.51. The van der Waals surface area contributed by atoms with E-state index in [0.717, 1.165) is 22.0 Å². The lowest BCUT2D eigenvalue weighted by atomic mass is 10.0. The van der Waals surface area contributed by atoms with Crippen LogP contribution in [0, 0.1) is 5.41 Å². The molecule has 2 aromatic carbocycles. The molecule has 1 saturated heterocycles. The Kier molecular flexibility index (Phi) is 9.17. The minimum absolute atomic E-state index is 0.0182. The maximum Gasteiger partial charge on any atom is 0.326 e. The van der Waals surface area contributed by atoms with Crippen molar-refractivity contribution in [3.63, 3.8) is 0 Å². The Balaban J connectivity index is 1.37. The fourth-order valence-electron chi connectivity index (χ4n) is 4.58. The minimum atomic E-state index is -3.89. The number of nitrogens with zero attached hydrogens (tertiary/aromatic N) is 2. The number of carboxylic acids is 1. The summed E-state index contributed by atoms with van der Waals surface area (Å²) in [5.41, 5.74) is 7.45. The van der Waals surface area contributed by atoms with Gasteiger partial charge < -0.3 is 26.0 Å². The predicted molar refractivity (Wildman–Crippen MR) is 147 cm³/mol. The van der Waals surface area contributed by atoms with E-state index in [1.54, 1.807) is 42.5 Å². The molecule has 1 aromatic heterocycles. The normalized spacial score (nSPS) is 16.4. The molecule has 2 heterocycles. The molecule has 0 saturated carbocycles. The molecular weight excluding hydrogens is 536 g/mol. The quantitative estimate of drug-likeness (QED) is 0.123. The number of carboxylic acid groups (broad SMARTS) is 1. The van der Waals surface area contributed by atoms with Crippen LogP contribution in [0.3, 0.4) is 0 Å². The van der Waals surface area contributed by atoms with Crippen molar-refractivity contribution in [1.29, 1.82) is 5.41 Å². The molecule has 0 aliphatic carbocycles. The van der Waals surface area contributed by atoms with Crippen molar-refractivity contribution in [2.45, 2.75) is 49.1 Å². The van der Waals surface area contributed by atoms with Gasteiger partial charge in [0.05, 0.1) is 10.6 Å². The summed E-state index contributed by atoms with van der Waals surface area (Å²) in [6, 6.07) is 14.5. The van der Waals surface area contributed by atoms with Crippen LogP contribution >= 0.6 is 0 Å². The summed E-state index contributed by atoms with van der Waals surface area (Å²) in [5, 5.41) is 26.3. The zero-order valence-electron chi connectivity index (χ0n) is 21.7. The van der Waals surface area contributed by atoms with Crippen LogP contribution < -0.4 is 16.4 Å². The Morgan fingerprint density at radius 1 is 1.18 bits per heavy atom. The summed E-state index contributed by atoms with van der Waals surface area (Å²) in [4.78, 5) is 25.2. The van der Waals surface area contributed by atoms with E-state index >= 15 is 0 Å². The molecule has 212 valence electrons. The Hall–Kier alpha value is -4.23. The largest absolute Gasteiger partial charge is 0.480 e. The van der Waals surface area contributed by atoms with Gasteiger partial charge in [0.25, 0.3) is 0 Å². The summed E-state index contributed by atoms with van der Waals surface area (Å²) >= 11 is 0. The van der Waals surface area contributed by atoms with Gasteiger partial charge in [0.2, 0.25) is 15.9 Å². The highest BCUT2D eigenvalue weighted by Gasteiger charge is 2.40. The number of hydrogen-bond donors (Lipinski definition) is 5. The number of carbonyl (C=O) groups excluding carboxylic acids is 1. The molecule has 0 spiro atoms. The smallest absolute Gasteiger partial charge is 0.326 e. The van der Waals surface area contributed by atoms with E-state index in [2.05, 4.69) is 15.8 Å². The van der Waals surface area contributed by atoms with Crippen LogP contribution in [-0.4, -0.2) is 66.0 Å². The van der Waals surface area contributed by atoms with Gasteiger partial charge in [0.15, 0.2) is 11.7 Å². The number of amides is 1. The lowest BCUT2D eigenvalue weighted by molar-refractivity contribution is -0.142. The third-order valence-electron chi connectivity index (χ3n) is 6.63. The first-order valence-corrected chi connectivity index (χ1v) is 14.3. The molecule has 3 aromatic rings. The molecule has 1 fully saturated rings. The molecule has 0 bridgehead atoms. The van der Waals surface area contributed by atoms with Gasteiger partial charge in [-0.05, 0) is 43.4 Å². The number of hydrogen-bond acceptors (Lipinski definition) is 7. The predicted octanol–water partition coefficient (Wildman–Crippen LogP) is 1.72. The van der Waals surface area contributed by atoms with Gasteiger partial charge in [0.1, 0.15) is 12.1 Å². The number of nitrogens with one attached hydrogen (secondary N) is 3. The minimum Gasteiger partial charge on any atom is -0.480 e. The van der Waals surface area contributed by atoms with E-state index in [1.807, 2.05) is 6.07 Å². The van der Waals surface area contributed by atoms with Crippen molar-refractivity contribution in [3.05, 3.63) is 71.9 Å². The first-order chi connectivity index (χ1) is 19.1. The summed E-state index contributed by atoms with van der Waals surface area (Å²) < 4.78 is 32.8. The van der Waals surface area contributed by atoms with Crippen molar-refractivity contribution in [2.24, 2.45) is 5.73 Å². The first-order valence-electron chi connectivity index (χ1n) is 12.9. The number of aromatic nitrogens is 1. The van der Waals surface area contributed by atoms with Gasteiger partial charge in [-0.2, -0.15) is 4.31 Å². The zero-order chi connectivity index (χ0) is 28.7. The third kappa shape index (κ3) is 7.04. The molecule has 2 atom stereocenters. The van der Waals surface area contributed by atoms with Gasteiger partial charge >= 0.3 is 5.97 Å². The number of guanidine groups is 1. The molecule has 1 aliphatic rings. The molecule has 0 radical (unpaired) electrons. The van der Waals surface area contributed by atoms with Crippen LogP contribution in [0.4, 0.5) is 0 Å². The summed E-state index contributed by atoms with van der Waals surface area (Å²) in [6.07, 6.45) is 2.20. The Labute approximate surface area is 232 Å². The highest BCUT2D eigenvalue weighted by molar-refractivity contribution is 7.89. The van der Waals surface area contributed by atoms with E-state index in [-0.39, 0.29) is 23.8 Å². The summed E-state index contributed by atoms with van der Waals surface area (Å²) in [6.45, 7) is 0.738. The molecule has 1 amide bonds. The third-order valence-corrected chi connectivity index (χ3v) is 8.56. The van der Waals surface area contributed by atoms with Crippen LogP contribution in [0.1, 0.15) is 30.5 Å². The molecule has 1 aliphatic heterocycles. The molecule has 40 heavy (non-hydrogen) atoms. The average molecular weight is 569 g/mol. The molecule has 0 unspecified atom stereocenters. The first kappa shape index (κ1) is 28.8. The van der Waals surface area contributed by atoms with Crippen molar-refractivity contribution in [2.75, 3.05) is 13.1 Å². The van der Waals surface area contributed by atoms with Gasteiger partial charge in [-0.25, -0.2) is 13.2 Å². The maximum absolute atomic E-state index is 13.1. The number of carbonyl (C=O) groups is 2. The second-order valence-corrected chi connectivity index (χ2v) is 11.4. The monoisotopic (exact) mass is 568 g/mol. The van der Waals surface area contributed by atoms with Crippen LogP contribution in [0.15, 0.2) is 70.1 Å². The van der Waals surface area contributed by atoms with E-state index < -0.39 is 34.0 Å². The number of aryl methyl sites for hydroxylation is 1. The van der Waals surface area contributed by atoms with Gasteiger partial charge in [-0.3, -0.25) is 10.2 Å². The number of rotatable bonds is 12. The van der Waals surface area contributed by atoms with Gasteiger partial charge in [0, 0.05) is 31.1 Å². The fraction of sp³-hybridized carbons (Fsp3) is 0.333. The Morgan fingerprint density at radius 3 is 2.58 bits per heavy atom. The molecule has 6 N–H and O–H groups in total. The second-order valence-electron chi connectivity index (χ2n) is 9.51. The maximum atomic E-state index is 13.1. The highest BCUT2D eigenvalue weighted by Crippen LogP contribution is 2.26. The number of nitrogens with two attached hydrogens (primary N) is 1. The van der Waals surface area contributed by atoms with Crippen molar-refractivity contribution in [3.8, 4) is 11.3 Å². The van der Waals surface area contributed by atoms with Crippen LogP contribution in [-0.2, 0) is 32.5 Å². The van der Waals surface area contributed by atoms with E-state index in [9.17, 15) is 23.1 Å². The topological polar surface area (TPSA) is 192 Å². The molecule has 12 nitrogen and oxygen atoms in total. The van der Waals surface area contributed by atoms with Gasteiger partial charge in [-0.15, -0.1) is 0 Å². The lowest BCUT2D eigenvalue weighted by Gasteiger charge is -2.25. The van der Waals surface area contributed by atoms with E-state index in [1.165, 1.54) is 12.1 Å². The number of sulfonamides is 1. The average Bonchev–Trinajstić information content (AvgIpc) is 3.62. The van der Waals surface area contributed by atoms with Crippen LogP contribution in [0.25, 0.3) is 11.3 Å². The fourth-order valence-corrected chi connectivity index (χ4v) is 6.26. The van der Waals surface area contributed by atoms with Gasteiger partial charge in [-0.1, -0.05) is 47.6 Å². The van der Waals surface area contributed by atoms with Crippen molar-refractivity contribution in [1.82, 2.24) is 20.1 Å². The van der Waals surface area contributed by atoms with E-state index in [0.29, 0.717) is 37.1 Å². The van der Waals surface area contributed by atoms with Crippen molar-refractivity contribution >= 4 is 27.9 Å². The molecule has 13 heteroatoms. The second kappa shape index (κ2) is 12.7. The molecular formula is C27H32N6O6S. The number of benzene rings is 2. The van der Waals surface area contributed by atoms with Crippen LogP contribution in [0.2, 0.25) is 0 Å². The molecule has 4 rings (SSSR count). The zero-order valence-corrected chi connectivity index (χ0v) is 22.6. The Morgan fingerprint density at radius 2 is 1.90 bits per heavy atom. The summed E-state index contributed by atoms with van der Waals surface area (Å²) in [7, 11) is -3.89. The van der Waals surface area contributed by atoms with Crippen molar-refractivity contribution < 1.29 is 27.6 Å². The summed E-state index contributed by atoms with van der Waals surface area (Å²) in [5.74, 6) is -1.37. The SMILES string of the molecule is N=C(N)NCCCc1cc(-c2ccc(C[C@H](NC(=O)[C@@H]3CCCN3S(=O)(=O)c3ccccc3)C(=O)O)cc2)on1. The van der Waals surface area contributed by atoms with Crippen LogP contribution in [0.5, 0.6) is 0 Å². The number of aliphatic carboxylic acids is 1. The highest BCUT2D eigenvalue weighted by atomic mass is 32.2.